The molecule has 110 valence electrons. The van der Waals surface area contributed by atoms with Crippen LogP contribution in [0, 0.1) is 0 Å². The van der Waals surface area contributed by atoms with Crippen LogP contribution in [0.2, 0.25) is 10.0 Å². The first kappa shape index (κ1) is 15.8. The van der Waals surface area contributed by atoms with Crippen molar-refractivity contribution in [3.05, 3.63) is 28.2 Å². The molecule has 0 unspecified atom stereocenters. The van der Waals surface area contributed by atoms with Crippen molar-refractivity contribution in [2.24, 2.45) is 0 Å². The molecular formula is C14H19Cl2N3S. The highest BCUT2D eigenvalue weighted by Crippen LogP contribution is 2.22. The zero-order valence-corrected chi connectivity index (χ0v) is 13.8. The fourth-order valence-corrected chi connectivity index (χ4v) is 3.28. The van der Waals surface area contributed by atoms with Gasteiger partial charge >= 0.3 is 0 Å². The van der Waals surface area contributed by atoms with Crippen LogP contribution in [0.1, 0.15) is 19.8 Å². The Morgan fingerprint density at radius 2 is 2.05 bits per heavy atom. The molecule has 0 aromatic heterocycles. The lowest BCUT2D eigenvalue weighted by Crippen LogP contribution is -2.41. The number of hydrogen-bond donors (Lipinski definition) is 2. The lowest BCUT2D eigenvalue weighted by atomic mass is 10.2. The van der Waals surface area contributed by atoms with Crippen LogP contribution in [0.5, 0.6) is 0 Å². The number of benzene rings is 1. The lowest BCUT2D eigenvalue weighted by molar-refractivity contribution is 0.267. The molecule has 6 heteroatoms. The molecule has 0 saturated carbocycles. The average Bonchev–Trinajstić information content (AvgIpc) is 2.82. The third-order valence-electron chi connectivity index (χ3n) is 3.52. The molecule has 0 radical (unpaired) electrons. The normalized spacial score (nSPS) is 19.1. The van der Waals surface area contributed by atoms with E-state index in [1.807, 2.05) is 0 Å². The highest BCUT2D eigenvalue weighted by molar-refractivity contribution is 7.80. The third kappa shape index (κ3) is 4.48. The number of likely N-dealkylation sites (tertiary alicyclic amines) is 1. The first-order valence-corrected chi connectivity index (χ1v) is 8.00. The minimum Gasteiger partial charge on any atom is -0.361 e. The molecule has 1 aliphatic heterocycles. The minimum atomic E-state index is 0.572. The SMILES string of the molecule is CCN1CCC[C@H]1CNC(=S)Nc1cc(Cl)cc(Cl)c1. The zero-order chi connectivity index (χ0) is 14.5. The van der Waals surface area contributed by atoms with Gasteiger partial charge < -0.3 is 10.6 Å². The van der Waals surface area contributed by atoms with Gasteiger partial charge in [0, 0.05) is 28.3 Å². The fraction of sp³-hybridized carbons (Fsp3) is 0.500. The molecule has 1 fully saturated rings. The maximum Gasteiger partial charge on any atom is 0.170 e. The second-order valence-electron chi connectivity index (χ2n) is 4.92. The van der Waals surface area contributed by atoms with Crippen LogP contribution in [0.15, 0.2) is 18.2 Å². The zero-order valence-electron chi connectivity index (χ0n) is 11.5. The Hall–Kier alpha value is -0.550. The summed E-state index contributed by atoms with van der Waals surface area (Å²) >= 11 is 17.2. The van der Waals surface area contributed by atoms with Crippen LogP contribution < -0.4 is 10.6 Å². The van der Waals surface area contributed by atoms with Crippen molar-refractivity contribution < 1.29 is 0 Å². The second-order valence-corrected chi connectivity index (χ2v) is 6.20. The van der Waals surface area contributed by atoms with E-state index in [0.29, 0.717) is 21.2 Å². The summed E-state index contributed by atoms with van der Waals surface area (Å²) < 4.78 is 0. The van der Waals surface area contributed by atoms with Crippen LogP contribution in [0.4, 0.5) is 5.69 Å². The van der Waals surface area contributed by atoms with Crippen LogP contribution >= 0.6 is 35.4 Å². The van der Waals surface area contributed by atoms with Crippen LogP contribution in [0.3, 0.4) is 0 Å². The molecule has 0 bridgehead atoms. The first-order valence-electron chi connectivity index (χ1n) is 6.83. The summed E-state index contributed by atoms with van der Waals surface area (Å²) in [5, 5.41) is 8.17. The summed E-state index contributed by atoms with van der Waals surface area (Å²) in [6, 6.07) is 5.87. The van der Waals surface area contributed by atoms with Gasteiger partial charge in [0.15, 0.2) is 5.11 Å². The highest BCUT2D eigenvalue weighted by Gasteiger charge is 2.22. The van der Waals surface area contributed by atoms with E-state index < -0.39 is 0 Å². The molecule has 3 nitrogen and oxygen atoms in total. The molecule has 1 aromatic carbocycles. The molecule has 1 saturated heterocycles. The Morgan fingerprint density at radius 1 is 1.35 bits per heavy atom. The van der Waals surface area contributed by atoms with Crippen molar-refractivity contribution >= 4 is 46.2 Å². The Morgan fingerprint density at radius 3 is 2.70 bits per heavy atom. The predicted octanol–water partition coefficient (Wildman–Crippen LogP) is 3.76. The van der Waals surface area contributed by atoms with Crippen molar-refractivity contribution in [2.45, 2.75) is 25.8 Å². The number of rotatable bonds is 4. The smallest absolute Gasteiger partial charge is 0.170 e. The monoisotopic (exact) mass is 331 g/mol. The van der Waals surface area contributed by atoms with Gasteiger partial charge in [-0.05, 0) is 56.3 Å². The summed E-state index contributed by atoms with van der Waals surface area (Å²) in [4.78, 5) is 2.48. The Labute approximate surface area is 135 Å². The molecular weight excluding hydrogens is 313 g/mol. The van der Waals surface area contributed by atoms with Gasteiger partial charge in [-0.1, -0.05) is 30.1 Å². The maximum absolute atomic E-state index is 5.96. The van der Waals surface area contributed by atoms with E-state index in [1.165, 1.54) is 19.4 Å². The number of halogens is 2. The third-order valence-corrected chi connectivity index (χ3v) is 4.21. The standard InChI is InChI=1S/C14H19Cl2N3S/c1-2-19-5-3-4-13(19)9-17-14(20)18-12-7-10(15)6-11(16)8-12/h6-8,13H,2-5,9H2,1H3,(H2,17,18,20)/t13-/m0/s1. The molecule has 0 aliphatic carbocycles. The summed E-state index contributed by atoms with van der Waals surface area (Å²) in [7, 11) is 0. The van der Waals surface area contributed by atoms with Gasteiger partial charge in [0.2, 0.25) is 0 Å². The molecule has 2 rings (SSSR count). The van der Waals surface area contributed by atoms with Gasteiger partial charge in [-0.2, -0.15) is 0 Å². The van der Waals surface area contributed by atoms with Gasteiger partial charge in [-0.15, -0.1) is 0 Å². The van der Waals surface area contributed by atoms with E-state index in [4.69, 9.17) is 35.4 Å². The maximum atomic E-state index is 5.96. The Balaban J connectivity index is 1.83. The molecule has 1 aromatic rings. The van der Waals surface area contributed by atoms with E-state index in [1.54, 1.807) is 18.2 Å². The number of hydrogen-bond acceptors (Lipinski definition) is 2. The number of nitrogens with one attached hydrogen (secondary N) is 2. The van der Waals surface area contributed by atoms with Crippen LogP contribution in [0.25, 0.3) is 0 Å². The highest BCUT2D eigenvalue weighted by atomic mass is 35.5. The minimum absolute atomic E-state index is 0.572. The fourth-order valence-electron chi connectivity index (χ4n) is 2.55. The summed E-state index contributed by atoms with van der Waals surface area (Å²) in [5.41, 5.74) is 0.804. The molecule has 0 amide bonds. The summed E-state index contributed by atoms with van der Waals surface area (Å²) in [6.07, 6.45) is 2.50. The molecule has 1 atom stereocenters. The number of nitrogens with zero attached hydrogens (tertiary/aromatic N) is 1. The Bertz CT molecular complexity index is 461. The van der Waals surface area contributed by atoms with Gasteiger partial charge in [-0.3, -0.25) is 4.90 Å². The van der Waals surface area contributed by atoms with E-state index in [-0.39, 0.29) is 0 Å². The van der Waals surface area contributed by atoms with Gasteiger partial charge in [0.25, 0.3) is 0 Å². The average molecular weight is 332 g/mol. The Kier molecular flexibility index (Phi) is 5.90. The summed E-state index contributed by atoms with van der Waals surface area (Å²) in [5.74, 6) is 0. The van der Waals surface area contributed by atoms with Gasteiger partial charge in [0.1, 0.15) is 0 Å². The van der Waals surface area contributed by atoms with E-state index in [0.717, 1.165) is 18.8 Å². The second kappa shape index (κ2) is 7.46. The topological polar surface area (TPSA) is 27.3 Å². The number of anilines is 1. The van der Waals surface area contributed by atoms with Crippen molar-refractivity contribution in [1.82, 2.24) is 10.2 Å². The van der Waals surface area contributed by atoms with Crippen LogP contribution in [-0.4, -0.2) is 35.7 Å². The molecule has 0 spiro atoms. The molecule has 1 aliphatic rings. The van der Waals surface area contributed by atoms with E-state index in [2.05, 4.69) is 22.5 Å². The van der Waals surface area contributed by atoms with Crippen molar-refractivity contribution in [1.29, 1.82) is 0 Å². The molecule has 20 heavy (non-hydrogen) atoms. The lowest BCUT2D eigenvalue weighted by Gasteiger charge is -2.23. The first-order chi connectivity index (χ1) is 9.58. The van der Waals surface area contributed by atoms with Gasteiger partial charge in [0.05, 0.1) is 0 Å². The molecule has 2 N–H and O–H groups in total. The predicted molar refractivity (Wildman–Crippen MR) is 91.0 cm³/mol. The van der Waals surface area contributed by atoms with Gasteiger partial charge in [-0.25, -0.2) is 0 Å². The van der Waals surface area contributed by atoms with E-state index in [9.17, 15) is 0 Å². The largest absolute Gasteiger partial charge is 0.361 e. The van der Waals surface area contributed by atoms with Crippen molar-refractivity contribution in [2.75, 3.05) is 25.0 Å². The van der Waals surface area contributed by atoms with Crippen LogP contribution in [-0.2, 0) is 0 Å². The quantitative estimate of drug-likeness (QED) is 0.821. The van der Waals surface area contributed by atoms with Crippen molar-refractivity contribution in [3.63, 3.8) is 0 Å². The van der Waals surface area contributed by atoms with E-state index >= 15 is 0 Å². The molecule has 1 heterocycles. The van der Waals surface area contributed by atoms with Crippen molar-refractivity contribution in [3.8, 4) is 0 Å². The number of likely N-dealkylation sites (N-methyl/N-ethyl adjacent to an activating group) is 1. The number of thiocarbonyl (C=S) groups is 1. The summed E-state index contributed by atoms with van der Waals surface area (Å²) in [6.45, 7) is 5.35.